The summed E-state index contributed by atoms with van der Waals surface area (Å²) in [6.07, 6.45) is 0. The molecule has 0 atom stereocenters. The number of amidine groups is 1. The van der Waals surface area contributed by atoms with Crippen LogP contribution < -0.4 is 19.6 Å². The predicted octanol–water partition coefficient (Wildman–Crippen LogP) is 2.20. The largest absolute Gasteiger partial charge is 0.497 e. The van der Waals surface area contributed by atoms with Crippen molar-refractivity contribution >= 4 is 28.7 Å². The molecule has 0 spiro atoms. The molecule has 0 aromatic heterocycles. The first-order valence-electron chi connectivity index (χ1n) is 8.48. The predicted molar refractivity (Wildman–Crippen MR) is 103 cm³/mol. The summed E-state index contributed by atoms with van der Waals surface area (Å²) in [7, 11) is 1.53. The van der Waals surface area contributed by atoms with Crippen molar-refractivity contribution in [3.63, 3.8) is 0 Å². The maximum absolute atomic E-state index is 12.3. The van der Waals surface area contributed by atoms with E-state index in [1.807, 2.05) is 18.2 Å². The molecule has 4 rings (SSSR count). The molecule has 144 valence electrons. The average molecular weight is 399 g/mol. The number of amides is 2. The number of ether oxygens (including phenoxy) is 3. The summed E-state index contributed by atoms with van der Waals surface area (Å²) in [5, 5.41) is 4.59. The van der Waals surface area contributed by atoms with E-state index in [1.165, 1.54) is 23.8 Å². The molecule has 2 aromatic rings. The van der Waals surface area contributed by atoms with Crippen LogP contribution in [0.2, 0.25) is 0 Å². The standard InChI is InChI=1S/C19H17N3O5S/c1-25-14-4-2-3-13(8-14)18(24)20-21-19-22(17(23)10-28-19)9-12-5-6-15-16(7-12)27-11-26-15/h2-8H,9-11H2,1H3,(H,20,24)/b21-19+. The number of hydrogen-bond donors (Lipinski definition) is 1. The molecule has 1 saturated heterocycles. The maximum atomic E-state index is 12.3. The molecular formula is C19H17N3O5S. The van der Waals surface area contributed by atoms with Crippen molar-refractivity contribution in [2.24, 2.45) is 5.10 Å². The molecule has 2 aliphatic rings. The highest BCUT2D eigenvalue weighted by Crippen LogP contribution is 2.33. The molecule has 1 fully saturated rings. The molecule has 2 aromatic carbocycles. The SMILES string of the molecule is COc1cccc(C(=O)N/N=C2/SCC(=O)N2Cc2ccc3c(c2)OCO3)c1. The Balaban J connectivity index is 1.47. The van der Waals surface area contributed by atoms with Gasteiger partial charge in [0.15, 0.2) is 16.7 Å². The van der Waals surface area contributed by atoms with E-state index in [9.17, 15) is 9.59 Å². The number of hydrazone groups is 1. The van der Waals surface area contributed by atoms with Gasteiger partial charge in [-0.3, -0.25) is 14.5 Å². The number of carbonyl (C=O) groups excluding carboxylic acids is 2. The summed E-state index contributed by atoms with van der Waals surface area (Å²) >= 11 is 1.28. The molecule has 28 heavy (non-hydrogen) atoms. The maximum Gasteiger partial charge on any atom is 0.271 e. The highest BCUT2D eigenvalue weighted by Gasteiger charge is 2.29. The fourth-order valence-corrected chi connectivity index (χ4v) is 3.63. The van der Waals surface area contributed by atoms with Gasteiger partial charge >= 0.3 is 0 Å². The lowest BCUT2D eigenvalue weighted by atomic mass is 10.2. The summed E-state index contributed by atoms with van der Waals surface area (Å²) in [5.74, 6) is 1.74. The molecule has 8 nitrogen and oxygen atoms in total. The van der Waals surface area contributed by atoms with Gasteiger partial charge in [0, 0.05) is 5.56 Å². The van der Waals surface area contributed by atoms with Gasteiger partial charge in [0.1, 0.15) is 5.75 Å². The van der Waals surface area contributed by atoms with E-state index in [2.05, 4.69) is 10.5 Å². The van der Waals surface area contributed by atoms with Gasteiger partial charge in [-0.2, -0.15) is 0 Å². The van der Waals surface area contributed by atoms with Gasteiger partial charge in [0.25, 0.3) is 5.91 Å². The Morgan fingerprint density at radius 3 is 2.96 bits per heavy atom. The van der Waals surface area contributed by atoms with E-state index in [1.54, 1.807) is 24.3 Å². The van der Waals surface area contributed by atoms with Crippen LogP contribution >= 0.6 is 11.8 Å². The number of rotatable bonds is 5. The van der Waals surface area contributed by atoms with E-state index in [0.29, 0.717) is 34.5 Å². The van der Waals surface area contributed by atoms with E-state index in [-0.39, 0.29) is 24.4 Å². The Kier molecular flexibility index (Phi) is 5.07. The molecule has 9 heteroatoms. The van der Waals surface area contributed by atoms with Crippen LogP contribution in [0.5, 0.6) is 17.2 Å². The number of methoxy groups -OCH3 is 1. The number of carbonyl (C=O) groups is 2. The lowest BCUT2D eigenvalue weighted by Crippen LogP contribution is -2.31. The zero-order valence-corrected chi connectivity index (χ0v) is 15.8. The van der Waals surface area contributed by atoms with Gasteiger partial charge in [-0.15, -0.1) is 5.10 Å². The van der Waals surface area contributed by atoms with Crippen LogP contribution in [0.25, 0.3) is 0 Å². The van der Waals surface area contributed by atoms with Crippen molar-refractivity contribution in [2.75, 3.05) is 19.7 Å². The highest BCUT2D eigenvalue weighted by molar-refractivity contribution is 8.15. The minimum absolute atomic E-state index is 0.0722. The van der Waals surface area contributed by atoms with E-state index < -0.39 is 0 Å². The minimum Gasteiger partial charge on any atom is -0.497 e. The number of hydrogen-bond acceptors (Lipinski definition) is 7. The number of benzene rings is 2. The lowest BCUT2D eigenvalue weighted by molar-refractivity contribution is -0.124. The second-order valence-electron chi connectivity index (χ2n) is 6.02. The van der Waals surface area contributed by atoms with Crippen LogP contribution in [0, 0.1) is 0 Å². The molecule has 0 saturated carbocycles. The second-order valence-corrected chi connectivity index (χ2v) is 6.97. The van der Waals surface area contributed by atoms with Gasteiger partial charge in [0.05, 0.1) is 19.4 Å². The first-order chi connectivity index (χ1) is 13.6. The zero-order valence-electron chi connectivity index (χ0n) is 15.0. The third-order valence-electron chi connectivity index (χ3n) is 4.22. The number of thioether (sulfide) groups is 1. The molecule has 0 unspecified atom stereocenters. The van der Waals surface area contributed by atoms with Gasteiger partial charge < -0.3 is 14.2 Å². The van der Waals surface area contributed by atoms with Crippen LogP contribution in [0.15, 0.2) is 47.6 Å². The van der Waals surface area contributed by atoms with Crippen molar-refractivity contribution in [2.45, 2.75) is 6.54 Å². The van der Waals surface area contributed by atoms with E-state index in [4.69, 9.17) is 14.2 Å². The molecular weight excluding hydrogens is 382 g/mol. The third-order valence-corrected chi connectivity index (χ3v) is 5.18. The Bertz CT molecular complexity index is 962. The Morgan fingerprint density at radius 2 is 2.11 bits per heavy atom. The van der Waals surface area contributed by atoms with Crippen molar-refractivity contribution in [3.8, 4) is 17.2 Å². The molecule has 0 aliphatic carbocycles. The number of nitrogens with zero attached hydrogens (tertiary/aromatic N) is 2. The highest BCUT2D eigenvalue weighted by atomic mass is 32.2. The van der Waals surface area contributed by atoms with Gasteiger partial charge in [-0.1, -0.05) is 23.9 Å². The zero-order chi connectivity index (χ0) is 19.5. The monoisotopic (exact) mass is 399 g/mol. The summed E-state index contributed by atoms with van der Waals surface area (Å²) in [4.78, 5) is 26.1. The summed E-state index contributed by atoms with van der Waals surface area (Å²) < 4.78 is 15.8. The summed E-state index contributed by atoms with van der Waals surface area (Å²) in [6.45, 7) is 0.524. The Labute approximate surface area is 165 Å². The van der Waals surface area contributed by atoms with Crippen molar-refractivity contribution < 1.29 is 23.8 Å². The van der Waals surface area contributed by atoms with Crippen LogP contribution in [-0.2, 0) is 11.3 Å². The van der Waals surface area contributed by atoms with Crippen LogP contribution in [-0.4, -0.2) is 41.5 Å². The van der Waals surface area contributed by atoms with Crippen LogP contribution in [0.3, 0.4) is 0 Å². The minimum atomic E-state index is -0.380. The first kappa shape index (κ1) is 18.2. The van der Waals surface area contributed by atoms with Crippen molar-refractivity contribution in [3.05, 3.63) is 53.6 Å². The van der Waals surface area contributed by atoms with Crippen molar-refractivity contribution in [1.82, 2.24) is 10.3 Å². The van der Waals surface area contributed by atoms with Crippen LogP contribution in [0.4, 0.5) is 0 Å². The number of fused-ring (bicyclic) bond motifs is 1. The molecule has 0 radical (unpaired) electrons. The molecule has 2 heterocycles. The number of nitrogens with one attached hydrogen (secondary N) is 1. The molecule has 2 aliphatic heterocycles. The average Bonchev–Trinajstić information content (AvgIpc) is 3.33. The van der Waals surface area contributed by atoms with Crippen LogP contribution in [0.1, 0.15) is 15.9 Å². The first-order valence-corrected chi connectivity index (χ1v) is 9.46. The second kappa shape index (κ2) is 7.81. The third kappa shape index (κ3) is 3.74. The van der Waals surface area contributed by atoms with E-state index >= 15 is 0 Å². The molecule has 2 amide bonds. The molecule has 0 bridgehead atoms. The van der Waals surface area contributed by atoms with Gasteiger partial charge in [0.2, 0.25) is 12.7 Å². The van der Waals surface area contributed by atoms with E-state index in [0.717, 1.165) is 5.56 Å². The molecule has 1 N–H and O–H groups in total. The fourth-order valence-electron chi connectivity index (χ4n) is 2.79. The van der Waals surface area contributed by atoms with Gasteiger partial charge in [-0.25, -0.2) is 5.43 Å². The quantitative estimate of drug-likeness (QED) is 0.776. The fraction of sp³-hybridized carbons (Fsp3) is 0.211. The smallest absolute Gasteiger partial charge is 0.271 e. The summed E-state index contributed by atoms with van der Waals surface area (Å²) in [5.41, 5.74) is 3.80. The normalized spacial score (nSPS) is 16.5. The Hall–Kier alpha value is -3.20. The van der Waals surface area contributed by atoms with Crippen molar-refractivity contribution in [1.29, 1.82) is 0 Å². The lowest BCUT2D eigenvalue weighted by Gasteiger charge is -2.16. The summed E-state index contributed by atoms with van der Waals surface area (Å²) in [6, 6.07) is 12.3. The van der Waals surface area contributed by atoms with Gasteiger partial charge in [-0.05, 0) is 35.9 Å². The Morgan fingerprint density at radius 1 is 1.25 bits per heavy atom. The topological polar surface area (TPSA) is 89.5 Å².